The minimum Gasteiger partial charge on any atom is -0.478 e. The summed E-state index contributed by atoms with van der Waals surface area (Å²) in [6.45, 7) is 0. The lowest BCUT2D eigenvalue weighted by molar-refractivity contribution is 0.0697. The highest BCUT2D eigenvalue weighted by atomic mass is 79.9. The number of anilines is 2. The van der Waals surface area contributed by atoms with Crippen molar-refractivity contribution in [3.05, 3.63) is 70.3 Å². The van der Waals surface area contributed by atoms with Gasteiger partial charge in [0.15, 0.2) is 0 Å². The minimum absolute atomic E-state index is 0.245. The first-order chi connectivity index (χ1) is 12.6. The number of nitrogens with zero attached hydrogens (tertiary/aromatic N) is 2. The van der Waals surface area contributed by atoms with E-state index in [1.807, 2.05) is 24.3 Å². The summed E-state index contributed by atoms with van der Waals surface area (Å²) < 4.78 is 1.02. The van der Waals surface area contributed by atoms with E-state index in [0.717, 1.165) is 31.5 Å². The van der Waals surface area contributed by atoms with Crippen LogP contribution in [0, 0.1) is 0 Å². The van der Waals surface area contributed by atoms with Crippen molar-refractivity contribution in [3.63, 3.8) is 0 Å². The fraction of sp³-hybridized carbons (Fsp3) is 0. The van der Waals surface area contributed by atoms with Gasteiger partial charge in [0, 0.05) is 21.1 Å². The van der Waals surface area contributed by atoms with Crippen LogP contribution in [0.3, 0.4) is 0 Å². The molecule has 0 aliphatic carbocycles. The zero-order valence-corrected chi connectivity index (χ0v) is 15.7. The molecule has 2 heterocycles. The van der Waals surface area contributed by atoms with Gasteiger partial charge in [0.05, 0.1) is 10.9 Å². The molecule has 2 aromatic heterocycles. The fourth-order valence-electron chi connectivity index (χ4n) is 2.64. The first-order valence-electron chi connectivity index (χ1n) is 7.70. The van der Waals surface area contributed by atoms with E-state index in [-0.39, 0.29) is 5.56 Å². The molecule has 0 aliphatic heterocycles. The maximum absolute atomic E-state index is 11.0. The summed E-state index contributed by atoms with van der Waals surface area (Å²) in [5.41, 5.74) is 3.15. The molecule has 2 N–H and O–H groups in total. The highest BCUT2D eigenvalue weighted by Crippen LogP contribution is 2.37. The maximum Gasteiger partial charge on any atom is 0.335 e. The lowest BCUT2D eigenvalue weighted by atomic mass is 10.1. The molecule has 128 valence electrons. The van der Waals surface area contributed by atoms with Crippen LogP contribution in [0.2, 0.25) is 0 Å². The van der Waals surface area contributed by atoms with Crippen LogP contribution >= 0.6 is 27.3 Å². The van der Waals surface area contributed by atoms with E-state index < -0.39 is 5.97 Å². The quantitative estimate of drug-likeness (QED) is 0.447. The van der Waals surface area contributed by atoms with Crippen LogP contribution in [-0.4, -0.2) is 21.0 Å². The Morgan fingerprint density at radius 3 is 2.46 bits per heavy atom. The Labute approximate surface area is 161 Å². The fourth-order valence-corrected chi connectivity index (χ4v) is 3.82. The third-order valence-electron chi connectivity index (χ3n) is 3.92. The average Bonchev–Trinajstić information content (AvgIpc) is 3.08. The smallest absolute Gasteiger partial charge is 0.335 e. The second kappa shape index (κ2) is 6.86. The number of rotatable bonds is 4. The van der Waals surface area contributed by atoms with Crippen LogP contribution in [0.5, 0.6) is 0 Å². The summed E-state index contributed by atoms with van der Waals surface area (Å²) >= 11 is 5.02. The number of benzene rings is 2. The Morgan fingerprint density at radius 1 is 1.04 bits per heavy atom. The van der Waals surface area contributed by atoms with Crippen molar-refractivity contribution in [1.82, 2.24) is 9.97 Å². The van der Waals surface area contributed by atoms with E-state index in [4.69, 9.17) is 5.11 Å². The van der Waals surface area contributed by atoms with Gasteiger partial charge in [-0.2, -0.15) is 0 Å². The predicted octanol–water partition coefficient (Wildman–Crippen LogP) is 5.56. The molecule has 0 saturated heterocycles. The Hall–Kier alpha value is -2.77. The first kappa shape index (κ1) is 16.7. The summed E-state index contributed by atoms with van der Waals surface area (Å²) in [5, 5.41) is 15.3. The van der Waals surface area contributed by atoms with E-state index in [1.54, 1.807) is 35.6 Å². The van der Waals surface area contributed by atoms with Gasteiger partial charge in [0.2, 0.25) is 0 Å². The van der Waals surface area contributed by atoms with Crippen LogP contribution in [0.4, 0.5) is 11.5 Å². The monoisotopic (exact) mass is 425 g/mol. The molecular weight excluding hydrogens is 414 g/mol. The zero-order valence-electron chi connectivity index (χ0n) is 13.3. The van der Waals surface area contributed by atoms with Gasteiger partial charge in [-0.3, -0.25) is 0 Å². The number of carboxylic acids is 1. The second-order valence-corrected chi connectivity index (χ2v) is 7.34. The molecule has 2 aromatic carbocycles. The lowest BCUT2D eigenvalue weighted by Crippen LogP contribution is -1.98. The van der Waals surface area contributed by atoms with Gasteiger partial charge in [0.1, 0.15) is 17.0 Å². The van der Waals surface area contributed by atoms with Crippen molar-refractivity contribution < 1.29 is 9.90 Å². The number of halogens is 1. The zero-order chi connectivity index (χ0) is 18.1. The molecule has 0 saturated carbocycles. The number of aromatic carboxylic acids is 1. The number of carbonyl (C=O) groups is 1. The number of aromatic nitrogens is 2. The molecule has 4 rings (SSSR count). The van der Waals surface area contributed by atoms with E-state index in [1.165, 1.54) is 6.33 Å². The molecule has 7 heteroatoms. The largest absolute Gasteiger partial charge is 0.478 e. The lowest BCUT2D eigenvalue weighted by Gasteiger charge is -2.09. The molecule has 0 unspecified atom stereocenters. The van der Waals surface area contributed by atoms with Crippen molar-refractivity contribution in [1.29, 1.82) is 0 Å². The number of hydrogen-bond donors (Lipinski definition) is 2. The Kier molecular flexibility index (Phi) is 4.40. The Morgan fingerprint density at radius 2 is 1.77 bits per heavy atom. The highest BCUT2D eigenvalue weighted by Gasteiger charge is 2.13. The van der Waals surface area contributed by atoms with Gasteiger partial charge in [-0.25, -0.2) is 14.8 Å². The number of nitrogens with one attached hydrogen (secondary N) is 1. The molecule has 0 radical (unpaired) electrons. The van der Waals surface area contributed by atoms with E-state index in [9.17, 15) is 4.79 Å². The second-order valence-electron chi connectivity index (χ2n) is 5.57. The molecule has 5 nitrogen and oxygen atoms in total. The Balaban J connectivity index is 1.76. The van der Waals surface area contributed by atoms with Crippen LogP contribution in [0.25, 0.3) is 21.3 Å². The van der Waals surface area contributed by atoms with Gasteiger partial charge >= 0.3 is 5.97 Å². The third kappa shape index (κ3) is 3.18. The molecule has 26 heavy (non-hydrogen) atoms. The van der Waals surface area contributed by atoms with Gasteiger partial charge < -0.3 is 10.4 Å². The highest BCUT2D eigenvalue weighted by molar-refractivity contribution is 9.10. The summed E-state index contributed by atoms with van der Waals surface area (Å²) in [4.78, 5) is 20.6. The summed E-state index contributed by atoms with van der Waals surface area (Å²) in [6.07, 6.45) is 1.53. The van der Waals surface area contributed by atoms with E-state index in [2.05, 4.69) is 36.6 Å². The van der Waals surface area contributed by atoms with Crippen molar-refractivity contribution in [2.45, 2.75) is 0 Å². The van der Waals surface area contributed by atoms with Crippen LogP contribution in [0.15, 0.2) is 64.7 Å². The maximum atomic E-state index is 11.0. The number of carboxylic acid groups (broad SMARTS) is 1. The predicted molar refractivity (Wildman–Crippen MR) is 107 cm³/mol. The number of fused-ring (bicyclic) bond motifs is 1. The summed E-state index contributed by atoms with van der Waals surface area (Å²) in [5.74, 6) is -0.256. The van der Waals surface area contributed by atoms with Crippen LogP contribution in [0.1, 0.15) is 10.4 Å². The molecule has 0 fully saturated rings. The SMILES string of the molecule is O=C(O)c1ccc(Nc2ncnc3scc(-c4ccc(Br)cc4)c23)cc1. The average molecular weight is 426 g/mol. The van der Waals surface area contributed by atoms with Crippen molar-refractivity contribution in [2.24, 2.45) is 0 Å². The molecule has 0 spiro atoms. The molecule has 0 aliphatic rings. The molecule has 4 aromatic rings. The van der Waals surface area contributed by atoms with Gasteiger partial charge in [-0.05, 0) is 42.0 Å². The van der Waals surface area contributed by atoms with Gasteiger partial charge in [-0.1, -0.05) is 28.1 Å². The Bertz CT molecular complexity index is 1090. The van der Waals surface area contributed by atoms with Crippen LogP contribution in [-0.2, 0) is 0 Å². The van der Waals surface area contributed by atoms with Gasteiger partial charge in [0.25, 0.3) is 0 Å². The summed E-state index contributed by atoms with van der Waals surface area (Å²) in [7, 11) is 0. The number of hydrogen-bond acceptors (Lipinski definition) is 5. The normalized spacial score (nSPS) is 10.8. The first-order valence-corrected chi connectivity index (χ1v) is 9.37. The topological polar surface area (TPSA) is 75.1 Å². The minimum atomic E-state index is -0.948. The number of thiophene rings is 1. The van der Waals surface area contributed by atoms with E-state index in [0.29, 0.717) is 5.82 Å². The third-order valence-corrected chi connectivity index (χ3v) is 5.34. The molecular formula is C19H12BrN3O2S. The van der Waals surface area contributed by atoms with Crippen LogP contribution < -0.4 is 5.32 Å². The van der Waals surface area contributed by atoms with Crippen molar-refractivity contribution >= 4 is 55.0 Å². The standard InChI is InChI=1S/C19H12BrN3O2S/c20-13-5-1-11(2-6-13)15-9-26-18-16(15)17(21-10-22-18)23-14-7-3-12(4-8-14)19(24)25/h1-10H,(H,24,25)(H,21,22,23). The molecule has 0 bridgehead atoms. The van der Waals surface area contributed by atoms with Crippen molar-refractivity contribution in [2.75, 3.05) is 5.32 Å². The molecule has 0 amide bonds. The summed E-state index contributed by atoms with van der Waals surface area (Å²) in [6, 6.07) is 14.7. The van der Waals surface area contributed by atoms with E-state index >= 15 is 0 Å². The molecule has 0 atom stereocenters. The van der Waals surface area contributed by atoms with Crippen molar-refractivity contribution in [3.8, 4) is 11.1 Å². The van der Waals surface area contributed by atoms with Gasteiger partial charge in [-0.15, -0.1) is 11.3 Å².